The normalized spacial score (nSPS) is 17.5. The van der Waals surface area contributed by atoms with E-state index in [0.717, 1.165) is 4.90 Å². The maximum Gasteiger partial charge on any atom is 0.253 e. The third-order valence-corrected chi connectivity index (χ3v) is 5.59. The summed E-state index contributed by atoms with van der Waals surface area (Å²) < 4.78 is 24.6. The van der Waals surface area contributed by atoms with Gasteiger partial charge < -0.3 is 4.90 Å². The molecule has 1 fully saturated rings. The van der Waals surface area contributed by atoms with Crippen molar-refractivity contribution in [3.63, 3.8) is 0 Å². The average Bonchev–Trinajstić information content (AvgIpc) is 2.72. The Labute approximate surface area is 130 Å². The fourth-order valence-corrected chi connectivity index (χ4v) is 3.63. The lowest BCUT2D eigenvalue weighted by atomic mass is 10.2. The van der Waals surface area contributed by atoms with E-state index in [1.807, 2.05) is 30.5 Å². The number of carbonyl (C=O) groups excluding carboxylic acids is 1. The van der Waals surface area contributed by atoms with Crippen molar-refractivity contribution >= 4 is 27.7 Å². The number of rotatable bonds is 3. The van der Waals surface area contributed by atoms with Crippen molar-refractivity contribution in [3.05, 3.63) is 29.8 Å². The molecule has 0 saturated carbocycles. The van der Waals surface area contributed by atoms with Gasteiger partial charge in [-0.05, 0) is 36.9 Å². The molecule has 2 rings (SSSR count). The lowest BCUT2D eigenvalue weighted by Crippen LogP contribution is -2.36. The van der Waals surface area contributed by atoms with Crippen LogP contribution in [0.25, 0.3) is 0 Å². The van der Waals surface area contributed by atoms with Gasteiger partial charge in [-0.1, -0.05) is 0 Å². The van der Waals surface area contributed by atoms with Crippen molar-refractivity contribution in [3.8, 4) is 0 Å². The van der Waals surface area contributed by atoms with Crippen LogP contribution in [0.3, 0.4) is 0 Å². The van der Waals surface area contributed by atoms with Gasteiger partial charge in [0.25, 0.3) is 5.91 Å². The third kappa shape index (κ3) is 4.21. The van der Waals surface area contributed by atoms with Crippen molar-refractivity contribution in [2.24, 2.45) is 0 Å². The molecule has 0 spiro atoms. The molecular formula is C14H20N2O3S2. The quantitative estimate of drug-likeness (QED) is 0.789. The molecule has 0 radical (unpaired) electrons. The number of hydrogen-bond donors (Lipinski definition) is 0. The van der Waals surface area contributed by atoms with Gasteiger partial charge in [0.15, 0.2) is 0 Å². The third-order valence-electron chi connectivity index (χ3n) is 3.55. The molecule has 1 saturated heterocycles. The van der Waals surface area contributed by atoms with E-state index in [1.54, 1.807) is 16.7 Å². The van der Waals surface area contributed by atoms with Crippen LogP contribution in [0, 0.1) is 0 Å². The number of benzene rings is 1. The van der Waals surface area contributed by atoms with E-state index in [9.17, 15) is 13.2 Å². The average molecular weight is 328 g/mol. The number of thioether (sulfide) groups is 1. The molecule has 21 heavy (non-hydrogen) atoms. The molecule has 0 aromatic heterocycles. The van der Waals surface area contributed by atoms with Crippen molar-refractivity contribution in [2.75, 3.05) is 38.7 Å². The molecule has 0 aliphatic carbocycles. The fourth-order valence-electron chi connectivity index (χ4n) is 2.34. The van der Waals surface area contributed by atoms with Crippen LogP contribution >= 0.6 is 11.8 Å². The Bertz CT molecular complexity index is 599. The number of amides is 1. The van der Waals surface area contributed by atoms with Gasteiger partial charge in [0.2, 0.25) is 10.0 Å². The molecule has 1 amide bonds. The summed E-state index contributed by atoms with van der Waals surface area (Å²) in [6, 6.07) is 7.51. The van der Waals surface area contributed by atoms with Gasteiger partial charge in [0.1, 0.15) is 0 Å². The van der Waals surface area contributed by atoms with Crippen LogP contribution in [0.5, 0.6) is 0 Å². The highest BCUT2D eigenvalue weighted by Crippen LogP contribution is 2.17. The lowest BCUT2D eigenvalue weighted by molar-refractivity contribution is 0.0764. The molecular weight excluding hydrogens is 308 g/mol. The molecule has 7 heteroatoms. The number of carbonyl (C=O) groups is 1. The van der Waals surface area contributed by atoms with E-state index < -0.39 is 10.0 Å². The number of sulfonamides is 1. The van der Waals surface area contributed by atoms with Crippen molar-refractivity contribution < 1.29 is 13.2 Å². The Morgan fingerprint density at radius 1 is 1.10 bits per heavy atom. The molecule has 1 aromatic carbocycles. The Morgan fingerprint density at radius 2 is 1.76 bits per heavy atom. The van der Waals surface area contributed by atoms with Gasteiger partial charge in [0, 0.05) is 36.6 Å². The van der Waals surface area contributed by atoms with E-state index in [-0.39, 0.29) is 5.91 Å². The van der Waals surface area contributed by atoms with E-state index in [1.165, 1.54) is 10.6 Å². The minimum atomic E-state index is -3.18. The maximum absolute atomic E-state index is 12.5. The molecule has 0 unspecified atom stereocenters. The number of nitrogens with zero attached hydrogens (tertiary/aromatic N) is 2. The monoisotopic (exact) mass is 328 g/mol. The molecule has 5 nitrogen and oxygen atoms in total. The van der Waals surface area contributed by atoms with Gasteiger partial charge >= 0.3 is 0 Å². The van der Waals surface area contributed by atoms with Crippen molar-refractivity contribution in [1.82, 2.24) is 9.21 Å². The predicted molar refractivity (Wildman–Crippen MR) is 85.2 cm³/mol. The maximum atomic E-state index is 12.5. The lowest BCUT2D eigenvalue weighted by Gasteiger charge is -2.21. The van der Waals surface area contributed by atoms with Crippen LogP contribution in [-0.2, 0) is 10.0 Å². The molecule has 0 atom stereocenters. The first kappa shape index (κ1) is 16.3. The summed E-state index contributed by atoms with van der Waals surface area (Å²) in [5.74, 6) is -0.0296. The van der Waals surface area contributed by atoms with Gasteiger partial charge in [-0.15, -0.1) is 11.8 Å². The summed E-state index contributed by atoms with van der Waals surface area (Å²) in [5, 5.41) is 0. The Hall–Kier alpha value is -1.05. The van der Waals surface area contributed by atoms with Crippen LogP contribution in [0.1, 0.15) is 16.8 Å². The molecule has 1 aromatic rings. The molecule has 116 valence electrons. The zero-order valence-corrected chi connectivity index (χ0v) is 13.9. The standard InChI is InChI=1S/C14H20N2O3S2/c1-20-13-6-4-12(5-7-13)14(17)15-8-3-9-16(11-10-15)21(2,18)19/h4-7H,3,8-11H2,1-2H3. The van der Waals surface area contributed by atoms with Gasteiger partial charge in [-0.3, -0.25) is 4.79 Å². The zero-order chi connectivity index (χ0) is 15.5. The van der Waals surface area contributed by atoms with Crippen molar-refractivity contribution in [1.29, 1.82) is 0 Å². The van der Waals surface area contributed by atoms with E-state index in [4.69, 9.17) is 0 Å². The van der Waals surface area contributed by atoms with Gasteiger partial charge in [0.05, 0.1) is 6.26 Å². The first-order valence-corrected chi connectivity index (χ1v) is 9.87. The predicted octanol–water partition coefficient (Wildman–Crippen LogP) is 1.52. The SMILES string of the molecule is CSc1ccc(C(=O)N2CCCN(S(C)(=O)=O)CC2)cc1. The molecule has 1 heterocycles. The number of hydrogen-bond acceptors (Lipinski definition) is 4. The van der Waals surface area contributed by atoms with Crippen LogP contribution in [0.15, 0.2) is 29.2 Å². The summed E-state index contributed by atoms with van der Waals surface area (Å²) in [5.41, 5.74) is 0.653. The van der Waals surface area contributed by atoms with E-state index in [0.29, 0.717) is 38.2 Å². The van der Waals surface area contributed by atoms with Crippen LogP contribution in [0.4, 0.5) is 0 Å². The summed E-state index contributed by atoms with van der Waals surface area (Å²) in [4.78, 5) is 15.3. The first-order valence-electron chi connectivity index (χ1n) is 6.80. The Kier molecular flexibility index (Phi) is 5.29. The summed E-state index contributed by atoms with van der Waals surface area (Å²) in [6.45, 7) is 1.88. The van der Waals surface area contributed by atoms with E-state index >= 15 is 0 Å². The highest BCUT2D eigenvalue weighted by molar-refractivity contribution is 7.98. The summed E-state index contributed by atoms with van der Waals surface area (Å²) >= 11 is 1.63. The van der Waals surface area contributed by atoms with Crippen LogP contribution < -0.4 is 0 Å². The van der Waals surface area contributed by atoms with Crippen LogP contribution in [-0.4, -0.2) is 62.2 Å². The van der Waals surface area contributed by atoms with E-state index in [2.05, 4.69) is 0 Å². The molecule has 0 N–H and O–H groups in total. The Morgan fingerprint density at radius 3 is 2.33 bits per heavy atom. The summed E-state index contributed by atoms with van der Waals surface area (Å²) in [6.07, 6.45) is 3.87. The fraction of sp³-hybridized carbons (Fsp3) is 0.500. The van der Waals surface area contributed by atoms with Gasteiger partial charge in [-0.25, -0.2) is 12.7 Å². The second kappa shape index (κ2) is 6.81. The molecule has 0 bridgehead atoms. The van der Waals surface area contributed by atoms with Crippen LogP contribution in [0.2, 0.25) is 0 Å². The smallest absolute Gasteiger partial charge is 0.253 e. The molecule has 1 aliphatic rings. The minimum absolute atomic E-state index is 0.0296. The van der Waals surface area contributed by atoms with Gasteiger partial charge in [-0.2, -0.15) is 0 Å². The second-order valence-electron chi connectivity index (χ2n) is 5.04. The largest absolute Gasteiger partial charge is 0.337 e. The highest BCUT2D eigenvalue weighted by Gasteiger charge is 2.24. The minimum Gasteiger partial charge on any atom is -0.337 e. The molecule has 1 aliphatic heterocycles. The topological polar surface area (TPSA) is 57.7 Å². The zero-order valence-electron chi connectivity index (χ0n) is 12.3. The highest BCUT2D eigenvalue weighted by atomic mass is 32.2. The van der Waals surface area contributed by atoms with Crippen molar-refractivity contribution in [2.45, 2.75) is 11.3 Å². The second-order valence-corrected chi connectivity index (χ2v) is 7.90. The Balaban J connectivity index is 2.06. The summed E-state index contributed by atoms with van der Waals surface area (Å²) in [7, 11) is -3.18. The first-order chi connectivity index (χ1) is 9.91.